The van der Waals surface area contributed by atoms with Crippen LogP contribution in [0.25, 0.3) is 0 Å². The van der Waals surface area contributed by atoms with Crippen LogP contribution >= 0.6 is 0 Å². The maximum absolute atomic E-state index is 12.2. The summed E-state index contributed by atoms with van der Waals surface area (Å²) in [5, 5.41) is 5.87. The zero-order valence-electron chi connectivity index (χ0n) is 26.0. The smallest absolute Gasteiger partial charge is 0.224 e. The van der Waals surface area contributed by atoms with Crippen LogP contribution < -0.4 is 16.4 Å². The highest BCUT2D eigenvalue weighted by Gasteiger charge is 2.20. The van der Waals surface area contributed by atoms with Crippen LogP contribution in [0.4, 0.5) is 5.69 Å². The third-order valence-electron chi connectivity index (χ3n) is 6.77. The maximum atomic E-state index is 12.2. The Kier molecular flexibility index (Phi) is 22.7. The molecular formula is C32H55N3O8. The number of anilines is 1. The molecule has 4 N–H and O–H groups in total. The Labute approximate surface area is 257 Å². The van der Waals surface area contributed by atoms with Crippen molar-refractivity contribution >= 4 is 17.5 Å². The number of hydrogen-bond donors (Lipinski definition) is 3. The topological polar surface area (TPSA) is 140 Å². The maximum Gasteiger partial charge on any atom is 0.224 e. The van der Waals surface area contributed by atoms with Gasteiger partial charge in [-0.25, -0.2) is 0 Å². The largest absolute Gasteiger partial charge is 0.379 e. The first kappa shape index (κ1) is 37.1. The molecule has 0 aromatic heterocycles. The molecule has 0 unspecified atom stereocenters. The van der Waals surface area contributed by atoms with Crippen molar-refractivity contribution in [2.75, 3.05) is 97.7 Å². The number of carbonyl (C=O) groups is 2. The number of nitrogens with one attached hydrogen (secondary N) is 2. The van der Waals surface area contributed by atoms with Gasteiger partial charge in [0.15, 0.2) is 0 Å². The van der Waals surface area contributed by atoms with E-state index in [1.54, 1.807) is 0 Å². The number of amides is 2. The van der Waals surface area contributed by atoms with Crippen LogP contribution in [0.3, 0.4) is 0 Å². The van der Waals surface area contributed by atoms with Gasteiger partial charge in [0.25, 0.3) is 0 Å². The minimum atomic E-state index is -0.0297. The highest BCUT2D eigenvalue weighted by atomic mass is 16.6. The van der Waals surface area contributed by atoms with E-state index in [4.69, 9.17) is 34.2 Å². The molecule has 2 amide bonds. The monoisotopic (exact) mass is 609 g/mol. The minimum absolute atomic E-state index is 0.0297. The third kappa shape index (κ3) is 23.0. The summed E-state index contributed by atoms with van der Waals surface area (Å²) in [4.78, 5) is 24.1. The zero-order valence-corrected chi connectivity index (χ0v) is 26.0. The van der Waals surface area contributed by atoms with Gasteiger partial charge in [-0.15, -0.1) is 0 Å². The Bertz CT molecular complexity index is 823. The number of rotatable bonds is 30. The van der Waals surface area contributed by atoms with Crippen LogP contribution in [-0.4, -0.2) is 104 Å². The Morgan fingerprint density at radius 1 is 0.651 bits per heavy atom. The first-order valence-corrected chi connectivity index (χ1v) is 16.0. The van der Waals surface area contributed by atoms with Crippen molar-refractivity contribution < 1.29 is 38.0 Å². The van der Waals surface area contributed by atoms with Gasteiger partial charge in [0.2, 0.25) is 11.8 Å². The molecule has 1 fully saturated rings. The number of nitrogens with two attached hydrogens (primary N) is 1. The average Bonchev–Trinajstić information content (AvgIpc) is 3.84. The lowest BCUT2D eigenvalue weighted by Crippen LogP contribution is -2.25. The fourth-order valence-electron chi connectivity index (χ4n) is 4.11. The Balaban J connectivity index is 1.26. The van der Waals surface area contributed by atoms with Crippen LogP contribution in [0.1, 0.15) is 56.9 Å². The van der Waals surface area contributed by atoms with E-state index in [1.807, 2.05) is 12.1 Å². The van der Waals surface area contributed by atoms with Crippen molar-refractivity contribution in [2.45, 2.75) is 57.8 Å². The van der Waals surface area contributed by atoms with Gasteiger partial charge in [-0.1, -0.05) is 31.4 Å². The lowest BCUT2D eigenvalue weighted by Gasteiger charge is -2.08. The van der Waals surface area contributed by atoms with E-state index in [0.29, 0.717) is 105 Å². The highest BCUT2D eigenvalue weighted by molar-refractivity contribution is 5.90. The summed E-state index contributed by atoms with van der Waals surface area (Å²) in [5.41, 5.74) is 7.52. The van der Waals surface area contributed by atoms with Crippen molar-refractivity contribution in [3.63, 3.8) is 0 Å². The van der Waals surface area contributed by atoms with Gasteiger partial charge in [-0.3, -0.25) is 9.59 Å². The highest BCUT2D eigenvalue weighted by Crippen LogP contribution is 2.33. The van der Waals surface area contributed by atoms with E-state index in [0.717, 1.165) is 37.3 Å². The number of unbranched alkanes of at least 4 members (excludes halogenated alkanes) is 2. The summed E-state index contributed by atoms with van der Waals surface area (Å²) in [6, 6.07) is 8.21. The molecule has 0 radical (unpaired) electrons. The van der Waals surface area contributed by atoms with Gasteiger partial charge < -0.3 is 44.8 Å². The molecule has 43 heavy (non-hydrogen) atoms. The van der Waals surface area contributed by atoms with Gasteiger partial charge in [0.1, 0.15) is 0 Å². The molecular weight excluding hydrogens is 554 g/mol. The van der Waals surface area contributed by atoms with Crippen LogP contribution in [-0.2, 0) is 44.4 Å². The number of carbonyl (C=O) groups excluding carboxylic acids is 2. The predicted octanol–water partition coefficient (Wildman–Crippen LogP) is 3.09. The average molecular weight is 610 g/mol. The molecule has 0 saturated heterocycles. The van der Waals surface area contributed by atoms with Gasteiger partial charge in [-0.05, 0) is 49.3 Å². The summed E-state index contributed by atoms with van der Waals surface area (Å²) in [6.07, 6.45) is 8.50. The molecule has 1 aromatic rings. The third-order valence-corrected chi connectivity index (χ3v) is 6.77. The van der Waals surface area contributed by atoms with E-state index in [2.05, 4.69) is 22.8 Å². The molecule has 0 heterocycles. The molecule has 1 aromatic carbocycles. The van der Waals surface area contributed by atoms with Crippen molar-refractivity contribution in [3.05, 3.63) is 29.8 Å². The molecule has 1 aliphatic carbocycles. The predicted molar refractivity (Wildman–Crippen MR) is 166 cm³/mol. The first-order valence-electron chi connectivity index (χ1n) is 16.0. The van der Waals surface area contributed by atoms with Gasteiger partial charge in [0, 0.05) is 31.6 Å². The second kappa shape index (κ2) is 26.3. The van der Waals surface area contributed by atoms with Crippen molar-refractivity contribution in [3.8, 4) is 0 Å². The van der Waals surface area contributed by atoms with E-state index in [9.17, 15) is 9.59 Å². The number of benzene rings is 1. The van der Waals surface area contributed by atoms with Crippen LogP contribution in [0.15, 0.2) is 24.3 Å². The number of aryl methyl sites for hydroxylation is 1. The second-order valence-corrected chi connectivity index (χ2v) is 10.6. The molecule has 1 aliphatic rings. The Morgan fingerprint density at radius 2 is 1.19 bits per heavy atom. The first-order chi connectivity index (χ1) is 21.2. The molecule has 1 saturated carbocycles. The van der Waals surface area contributed by atoms with Crippen molar-refractivity contribution in [2.24, 2.45) is 11.7 Å². The Hall–Kier alpha value is -2.12. The lowest BCUT2D eigenvalue weighted by molar-refractivity contribution is -0.122. The van der Waals surface area contributed by atoms with Crippen LogP contribution in [0.2, 0.25) is 0 Å². The van der Waals surface area contributed by atoms with Crippen LogP contribution in [0.5, 0.6) is 0 Å². The van der Waals surface area contributed by atoms with Gasteiger partial charge in [-0.2, -0.15) is 0 Å². The Morgan fingerprint density at radius 3 is 1.72 bits per heavy atom. The molecule has 0 spiro atoms. The summed E-state index contributed by atoms with van der Waals surface area (Å²) >= 11 is 0. The molecule has 11 heteroatoms. The fraction of sp³-hybridized carbons (Fsp3) is 0.750. The van der Waals surface area contributed by atoms with Crippen LogP contribution in [0, 0.1) is 5.92 Å². The minimum Gasteiger partial charge on any atom is -0.379 e. The SMILES string of the molecule is NCCOCCOCCOCCOCCOCCOCCC(=O)NCCCCCC(=O)Nc1ccc(CCC2CC2)cc1. The molecule has 0 atom stereocenters. The molecule has 0 aliphatic heterocycles. The summed E-state index contributed by atoms with van der Waals surface area (Å²) in [7, 11) is 0. The standard InChI is InChI=1S/C32H55N3O8/c33-14-17-39-19-21-41-23-25-43-27-26-42-24-22-40-20-18-38-16-13-31(36)34-15-3-1-2-4-32(37)35-30-11-9-29(10-12-30)8-7-28-5-6-28/h9-12,28H,1-8,13-27,33H2,(H,34,36)(H,35,37). The number of hydrogen-bond acceptors (Lipinski definition) is 9. The summed E-state index contributed by atoms with van der Waals surface area (Å²) < 4.78 is 32.3. The molecule has 2 rings (SSSR count). The van der Waals surface area contributed by atoms with Gasteiger partial charge >= 0.3 is 0 Å². The molecule has 0 bridgehead atoms. The normalized spacial score (nSPS) is 12.9. The summed E-state index contributed by atoms with van der Waals surface area (Å²) in [5.74, 6) is 0.939. The zero-order chi connectivity index (χ0) is 30.6. The molecule has 11 nitrogen and oxygen atoms in total. The lowest BCUT2D eigenvalue weighted by atomic mass is 10.1. The van der Waals surface area contributed by atoms with Crippen molar-refractivity contribution in [1.82, 2.24) is 5.32 Å². The summed E-state index contributed by atoms with van der Waals surface area (Å²) in [6.45, 7) is 7.00. The fourth-order valence-corrected chi connectivity index (χ4v) is 4.11. The molecule has 246 valence electrons. The van der Waals surface area contributed by atoms with Crippen molar-refractivity contribution in [1.29, 1.82) is 0 Å². The van der Waals surface area contributed by atoms with E-state index >= 15 is 0 Å². The van der Waals surface area contributed by atoms with Gasteiger partial charge in [0.05, 0.1) is 79.3 Å². The van der Waals surface area contributed by atoms with E-state index in [1.165, 1.54) is 24.8 Å². The quantitative estimate of drug-likeness (QED) is 0.112. The van der Waals surface area contributed by atoms with E-state index in [-0.39, 0.29) is 11.8 Å². The number of ether oxygens (including phenoxy) is 6. The van der Waals surface area contributed by atoms with E-state index < -0.39 is 0 Å². The second-order valence-electron chi connectivity index (χ2n) is 10.6.